The first kappa shape index (κ1) is 39.2. The molecule has 0 aliphatic rings. The molecule has 0 fully saturated rings. The molecule has 42 heavy (non-hydrogen) atoms. The topological polar surface area (TPSA) is 69.6 Å². The predicted octanol–water partition coefficient (Wildman–Crippen LogP) is 11.1. The Morgan fingerprint density at radius 2 is 1.00 bits per heavy atom. The average Bonchev–Trinajstić information content (AvgIpc) is 3.01. The fourth-order valence-corrected chi connectivity index (χ4v) is 5.75. The molecule has 0 aliphatic heterocycles. The first-order chi connectivity index (χ1) is 21.2. The quantitative estimate of drug-likeness (QED) is 0.0512. The molecule has 2 atom stereocenters. The molecule has 0 aromatic carbocycles. The minimum Gasteiger partial charge on any atom is -0.394 e. The number of carbonyl (C=O) groups excluding carboxylic acids is 1. The number of amides is 1. The van der Waals surface area contributed by atoms with Crippen LogP contribution in [0.15, 0.2) is 12.2 Å². The van der Waals surface area contributed by atoms with Gasteiger partial charge in [-0.1, -0.05) is 193 Å². The van der Waals surface area contributed by atoms with Gasteiger partial charge in [-0.15, -0.1) is 0 Å². The molecule has 250 valence electrons. The van der Waals surface area contributed by atoms with Crippen molar-refractivity contribution in [3.63, 3.8) is 0 Å². The highest BCUT2D eigenvalue weighted by molar-refractivity contribution is 5.76. The molecule has 0 saturated heterocycles. The molecule has 0 unspecified atom stereocenters. The second kappa shape index (κ2) is 34.6. The van der Waals surface area contributed by atoms with Crippen LogP contribution in [-0.2, 0) is 4.79 Å². The van der Waals surface area contributed by atoms with Crippen molar-refractivity contribution in [2.75, 3.05) is 6.61 Å². The lowest BCUT2D eigenvalue weighted by Crippen LogP contribution is -2.45. The normalized spacial score (nSPS) is 13.5. The molecule has 0 radical (unpaired) electrons. The summed E-state index contributed by atoms with van der Waals surface area (Å²) >= 11 is 0. The van der Waals surface area contributed by atoms with Crippen LogP contribution in [0.2, 0.25) is 0 Å². The third kappa shape index (κ3) is 30.6. The molecule has 0 heterocycles. The van der Waals surface area contributed by atoms with E-state index in [4.69, 9.17) is 1.37 Å². The van der Waals surface area contributed by atoms with Gasteiger partial charge in [-0.2, -0.15) is 0 Å². The fraction of sp³-hybridized carbons (Fsp3) is 0.921. The summed E-state index contributed by atoms with van der Waals surface area (Å²) in [5.74, 6) is -0.0685. The van der Waals surface area contributed by atoms with Crippen molar-refractivity contribution in [1.82, 2.24) is 5.32 Å². The maximum absolute atomic E-state index is 12.3. The van der Waals surface area contributed by atoms with E-state index >= 15 is 0 Å². The summed E-state index contributed by atoms with van der Waals surface area (Å²) in [7, 11) is 0. The molecule has 4 nitrogen and oxygen atoms in total. The summed E-state index contributed by atoms with van der Waals surface area (Å²) in [4.78, 5) is 12.3. The van der Waals surface area contributed by atoms with Crippen LogP contribution >= 0.6 is 0 Å². The van der Waals surface area contributed by atoms with Crippen LogP contribution in [0.25, 0.3) is 0 Å². The molecule has 0 aromatic rings. The van der Waals surface area contributed by atoms with E-state index in [0.29, 0.717) is 13.3 Å². The number of rotatable bonds is 34. The summed E-state index contributed by atoms with van der Waals surface area (Å²) < 4.78 is 7.16. The highest BCUT2D eigenvalue weighted by atomic mass is 16.3. The first-order valence-corrected chi connectivity index (χ1v) is 18.7. The fourth-order valence-electron chi connectivity index (χ4n) is 5.75. The van der Waals surface area contributed by atoms with Crippen LogP contribution in [0.3, 0.4) is 0 Å². The zero-order chi connectivity index (χ0) is 31.5. The summed E-state index contributed by atoms with van der Waals surface area (Å²) in [6.07, 6.45) is 40.6. The van der Waals surface area contributed by atoms with Gasteiger partial charge in [0.05, 0.1) is 18.8 Å². The minimum atomic E-state index is -0.837. The largest absolute Gasteiger partial charge is 0.394 e. The number of aliphatic hydroxyl groups is 2. The molecule has 0 bridgehead atoms. The molecule has 3 N–H and O–H groups in total. The molecule has 1 amide bonds. The highest BCUT2D eigenvalue weighted by Gasteiger charge is 2.17. The van der Waals surface area contributed by atoms with Crippen LogP contribution in [-0.4, -0.2) is 34.9 Å². The molecular formula is C38H75NO3. The van der Waals surface area contributed by atoms with Crippen LogP contribution in [0, 0.1) is 0 Å². The summed E-state index contributed by atoms with van der Waals surface area (Å²) in [5, 5.41) is 22.9. The Morgan fingerprint density at radius 3 is 1.40 bits per heavy atom. The third-order valence-corrected chi connectivity index (χ3v) is 8.67. The Morgan fingerprint density at radius 1 is 0.619 bits per heavy atom. The smallest absolute Gasteiger partial charge is 0.220 e. The van der Waals surface area contributed by atoms with Crippen molar-refractivity contribution < 1.29 is 16.4 Å². The summed E-state index contributed by atoms with van der Waals surface area (Å²) in [5.41, 5.74) is 0. The van der Waals surface area contributed by atoms with Crippen molar-refractivity contribution in [3.05, 3.63) is 12.2 Å². The van der Waals surface area contributed by atoms with Crippen LogP contribution < -0.4 is 5.32 Å². The van der Waals surface area contributed by atoms with E-state index < -0.39 is 12.1 Å². The third-order valence-electron chi connectivity index (χ3n) is 8.67. The van der Waals surface area contributed by atoms with Crippen LogP contribution in [0.1, 0.15) is 208 Å². The number of hydrogen-bond acceptors (Lipinski definition) is 3. The Balaban J connectivity index is 3.55. The first-order valence-electron chi connectivity index (χ1n) is 19.4. The highest BCUT2D eigenvalue weighted by Crippen LogP contribution is 2.15. The van der Waals surface area contributed by atoms with E-state index in [2.05, 4.69) is 12.2 Å². The van der Waals surface area contributed by atoms with Gasteiger partial charge in [0.2, 0.25) is 5.91 Å². The van der Waals surface area contributed by atoms with Crippen molar-refractivity contribution in [2.45, 2.75) is 219 Å². The van der Waals surface area contributed by atoms with Crippen LogP contribution in [0.4, 0.5) is 0 Å². The average molecular weight is 595 g/mol. The Bertz CT molecular complexity index is 586. The van der Waals surface area contributed by atoms with Gasteiger partial charge >= 0.3 is 0 Å². The summed E-state index contributed by atoms with van der Waals surface area (Å²) in [6.45, 7) is 2.61. The Labute approximate surface area is 264 Å². The SMILES string of the molecule is [2H]CCCCCCCCCCCCCCCCCCCC(=O)N[C@@H](CO)[C@H](O)/C=C/CCCCCCCCCCCCC. The Hall–Kier alpha value is -0.870. The molecule has 0 aliphatic carbocycles. The predicted molar refractivity (Wildman–Crippen MR) is 184 cm³/mol. The number of unbranched alkanes of at least 4 members (excludes halogenated alkanes) is 27. The van der Waals surface area contributed by atoms with Gasteiger partial charge in [0, 0.05) is 7.79 Å². The van der Waals surface area contributed by atoms with Gasteiger partial charge in [-0.05, 0) is 19.3 Å². The lowest BCUT2D eigenvalue weighted by atomic mass is 10.0. The number of allylic oxidation sites excluding steroid dienone is 1. The van der Waals surface area contributed by atoms with Crippen molar-refractivity contribution in [3.8, 4) is 0 Å². The number of nitrogens with one attached hydrogen (secondary N) is 1. The maximum atomic E-state index is 12.3. The second-order valence-corrected chi connectivity index (χ2v) is 12.9. The zero-order valence-electron chi connectivity index (χ0n) is 29.2. The van der Waals surface area contributed by atoms with Gasteiger partial charge < -0.3 is 15.5 Å². The second-order valence-electron chi connectivity index (χ2n) is 12.9. The maximum Gasteiger partial charge on any atom is 0.220 e. The van der Waals surface area contributed by atoms with Gasteiger partial charge in [0.15, 0.2) is 0 Å². The summed E-state index contributed by atoms with van der Waals surface area (Å²) in [6, 6.07) is -0.620. The molecule has 0 saturated carbocycles. The van der Waals surface area contributed by atoms with E-state index in [1.165, 1.54) is 154 Å². The number of hydrogen-bond donors (Lipinski definition) is 3. The van der Waals surface area contributed by atoms with Gasteiger partial charge in [-0.25, -0.2) is 0 Å². The van der Waals surface area contributed by atoms with Crippen molar-refractivity contribution >= 4 is 5.91 Å². The number of aliphatic hydroxyl groups excluding tert-OH is 2. The van der Waals surface area contributed by atoms with E-state index in [0.717, 1.165) is 32.1 Å². The van der Waals surface area contributed by atoms with Crippen LogP contribution in [0.5, 0.6) is 0 Å². The monoisotopic (exact) mass is 595 g/mol. The van der Waals surface area contributed by atoms with E-state index in [9.17, 15) is 15.0 Å². The lowest BCUT2D eigenvalue weighted by Gasteiger charge is -2.20. The molecular weight excluding hydrogens is 518 g/mol. The van der Waals surface area contributed by atoms with Crippen molar-refractivity contribution in [1.29, 1.82) is 0 Å². The van der Waals surface area contributed by atoms with E-state index in [1.54, 1.807) is 6.08 Å². The molecule has 4 heteroatoms. The minimum absolute atomic E-state index is 0.0685. The standard InChI is InChI=1S/C38H75NO3/c1-3-5-7-9-11-13-15-17-18-19-20-22-24-26-28-30-32-34-38(42)39-36(35-40)37(41)33-31-29-27-25-23-21-16-14-12-10-8-6-4-2/h31,33,36-37,40-41H,3-30,32,34-35H2,1-2H3,(H,39,42)/b33-31+/t36-,37+/m0/s1/i1D. The molecule has 0 spiro atoms. The Kier molecular flexibility index (Phi) is 32.3. The molecule has 0 rings (SSSR count). The van der Waals surface area contributed by atoms with Gasteiger partial charge in [0.1, 0.15) is 0 Å². The van der Waals surface area contributed by atoms with Gasteiger partial charge in [0.25, 0.3) is 0 Å². The van der Waals surface area contributed by atoms with E-state index in [1.807, 2.05) is 6.08 Å². The zero-order valence-corrected chi connectivity index (χ0v) is 28.2. The molecule has 0 aromatic heterocycles. The lowest BCUT2D eigenvalue weighted by molar-refractivity contribution is -0.123. The van der Waals surface area contributed by atoms with Crippen molar-refractivity contribution in [2.24, 2.45) is 0 Å². The van der Waals surface area contributed by atoms with E-state index in [-0.39, 0.29) is 12.5 Å². The number of carbonyl (C=O) groups is 1. The van der Waals surface area contributed by atoms with Gasteiger partial charge in [-0.3, -0.25) is 4.79 Å².